The van der Waals surface area contributed by atoms with Gasteiger partial charge in [-0.15, -0.1) is 0 Å². The number of amides is 1. The molecule has 27 heavy (non-hydrogen) atoms. The summed E-state index contributed by atoms with van der Waals surface area (Å²) < 4.78 is 0. The number of hydrogen-bond acceptors (Lipinski definition) is 5. The Hall–Kier alpha value is -3.42. The van der Waals surface area contributed by atoms with E-state index in [4.69, 9.17) is 0 Å². The summed E-state index contributed by atoms with van der Waals surface area (Å²) in [5.41, 5.74) is 2.40. The van der Waals surface area contributed by atoms with Gasteiger partial charge in [0.1, 0.15) is 5.69 Å². The maximum Gasteiger partial charge on any atom is 0.330 e. The lowest BCUT2D eigenvalue weighted by Gasteiger charge is -2.21. The maximum atomic E-state index is 12.4. The average molecular weight is 371 g/mol. The van der Waals surface area contributed by atoms with E-state index in [0.717, 1.165) is 11.1 Å². The normalized spacial score (nSPS) is 11.5. The lowest BCUT2D eigenvalue weighted by molar-refractivity contribution is -0.384. The molecule has 0 heterocycles. The van der Waals surface area contributed by atoms with Crippen molar-refractivity contribution in [1.29, 1.82) is 0 Å². The molecule has 0 saturated carbocycles. The second-order valence-corrected chi connectivity index (χ2v) is 6.36. The molecule has 0 fully saturated rings. The fourth-order valence-electron chi connectivity index (χ4n) is 2.91. The molecule has 8 heteroatoms. The van der Waals surface area contributed by atoms with Crippen LogP contribution in [0.2, 0.25) is 0 Å². The van der Waals surface area contributed by atoms with Gasteiger partial charge >= 0.3 is 5.97 Å². The van der Waals surface area contributed by atoms with E-state index in [2.05, 4.69) is 5.32 Å². The first-order valence-electron chi connectivity index (χ1n) is 8.24. The minimum Gasteiger partial charge on any atom is -0.479 e. The molecule has 2 rings (SSSR count). The van der Waals surface area contributed by atoms with Crippen LogP contribution in [-0.2, 0) is 9.59 Å². The second-order valence-electron chi connectivity index (χ2n) is 6.36. The van der Waals surface area contributed by atoms with Crippen LogP contribution in [0.4, 0.5) is 11.4 Å². The number of hydrogen-bond donors (Lipinski definition) is 2. The Kier molecular flexibility index (Phi) is 6.12. The molecule has 0 radical (unpaired) electrons. The molecule has 0 saturated heterocycles. The molecule has 8 nitrogen and oxygen atoms in total. The first kappa shape index (κ1) is 19.9. The van der Waals surface area contributed by atoms with Gasteiger partial charge in [0.05, 0.1) is 11.5 Å². The smallest absolute Gasteiger partial charge is 0.330 e. The quantitative estimate of drug-likeness (QED) is 0.571. The number of nitro benzene ring substituents is 1. The van der Waals surface area contributed by atoms with E-state index in [9.17, 15) is 24.8 Å². The van der Waals surface area contributed by atoms with Crippen LogP contribution >= 0.6 is 0 Å². The predicted octanol–water partition coefficient (Wildman–Crippen LogP) is 2.59. The van der Waals surface area contributed by atoms with E-state index in [-0.39, 0.29) is 17.9 Å². The van der Waals surface area contributed by atoms with Gasteiger partial charge in [-0.25, -0.2) is 4.79 Å². The number of nitro groups is 1. The standard InChI is InChI=1S/C19H21N3O5/c1-12-8-13(2)10-14(9-12)18(19(24)25)20-17(23)11-21(3)15-6-4-5-7-16(15)22(26)27/h4-10,18H,11H2,1-3H3,(H,20,23)(H,24,25). The largest absolute Gasteiger partial charge is 0.479 e. The van der Waals surface area contributed by atoms with Crippen molar-refractivity contribution in [2.45, 2.75) is 19.9 Å². The Labute approximate surface area is 156 Å². The number of nitrogens with one attached hydrogen (secondary N) is 1. The molecule has 1 unspecified atom stereocenters. The summed E-state index contributed by atoms with van der Waals surface area (Å²) in [6, 6.07) is 10.2. The van der Waals surface area contributed by atoms with Gasteiger partial charge in [-0.3, -0.25) is 14.9 Å². The lowest BCUT2D eigenvalue weighted by Crippen LogP contribution is -2.40. The van der Waals surface area contributed by atoms with Crippen LogP contribution in [0.25, 0.3) is 0 Å². The zero-order valence-corrected chi connectivity index (χ0v) is 15.3. The first-order chi connectivity index (χ1) is 12.7. The average Bonchev–Trinajstić information content (AvgIpc) is 2.58. The summed E-state index contributed by atoms with van der Waals surface area (Å²) in [5, 5.41) is 23.1. The summed E-state index contributed by atoms with van der Waals surface area (Å²) >= 11 is 0. The number of nitrogens with zero attached hydrogens (tertiary/aromatic N) is 2. The fraction of sp³-hybridized carbons (Fsp3) is 0.263. The fourth-order valence-corrected chi connectivity index (χ4v) is 2.91. The Morgan fingerprint density at radius 3 is 2.33 bits per heavy atom. The van der Waals surface area contributed by atoms with E-state index >= 15 is 0 Å². The summed E-state index contributed by atoms with van der Waals surface area (Å²) in [4.78, 5) is 36.0. The van der Waals surface area contributed by atoms with Crippen LogP contribution in [0.5, 0.6) is 0 Å². The van der Waals surface area contributed by atoms with E-state index in [1.165, 1.54) is 30.1 Å². The van der Waals surface area contributed by atoms with Gasteiger partial charge < -0.3 is 15.3 Å². The number of aliphatic carboxylic acids is 1. The molecular weight excluding hydrogens is 350 g/mol. The van der Waals surface area contributed by atoms with Crippen molar-refractivity contribution in [2.24, 2.45) is 0 Å². The third kappa shape index (κ3) is 5.04. The minimum absolute atomic E-state index is 0.128. The third-order valence-corrected chi connectivity index (χ3v) is 4.00. The third-order valence-electron chi connectivity index (χ3n) is 4.00. The molecule has 0 bridgehead atoms. The number of carboxylic acid groups (broad SMARTS) is 1. The van der Waals surface area contributed by atoms with Gasteiger partial charge in [0.15, 0.2) is 6.04 Å². The van der Waals surface area contributed by atoms with Crippen molar-refractivity contribution in [3.05, 3.63) is 69.3 Å². The van der Waals surface area contributed by atoms with E-state index in [1.807, 2.05) is 19.9 Å². The number of benzene rings is 2. The molecule has 0 aromatic heterocycles. The van der Waals surface area contributed by atoms with Gasteiger partial charge in [0.25, 0.3) is 5.69 Å². The van der Waals surface area contributed by atoms with Gasteiger partial charge in [-0.2, -0.15) is 0 Å². The zero-order valence-electron chi connectivity index (χ0n) is 15.3. The molecule has 2 N–H and O–H groups in total. The van der Waals surface area contributed by atoms with Gasteiger partial charge in [0.2, 0.25) is 5.91 Å². The number of carbonyl (C=O) groups is 2. The number of anilines is 1. The molecule has 142 valence electrons. The van der Waals surface area contributed by atoms with Gasteiger partial charge in [-0.1, -0.05) is 41.5 Å². The number of carbonyl (C=O) groups excluding carboxylic acids is 1. The van der Waals surface area contributed by atoms with E-state index < -0.39 is 22.8 Å². The molecule has 0 aliphatic rings. The van der Waals surface area contributed by atoms with Crippen molar-refractivity contribution >= 4 is 23.3 Å². The molecule has 0 spiro atoms. The second kappa shape index (κ2) is 8.31. The summed E-state index contributed by atoms with van der Waals surface area (Å²) in [7, 11) is 1.54. The highest BCUT2D eigenvalue weighted by Crippen LogP contribution is 2.26. The number of para-hydroxylation sites is 2. The monoisotopic (exact) mass is 371 g/mol. The SMILES string of the molecule is Cc1cc(C)cc(C(NC(=O)CN(C)c2ccccc2[N+](=O)[O-])C(=O)O)c1. The summed E-state index contributed by atoms with van der Waals surface area (Å²) in [5.74, 6) is -1.73. The lowest BCUT2D eigenvalue weighted by atomic mass is 10.0. The maximum absolute atomic E-state index is 12.4. The van der Waals surface area contributed by atoms with Crippen LogP contribution < -0.4 is 10.2 Å². The molecule has 1 amide bonds. The summed E-state index contributed by atoms with van der Waals surface area (Å²) in [6.07, 6.45) is 0. The molecule has 0 aliphatic carbocycles. The zero-order chi connectivity index (χ0) is 20.1. The van der Waals surface area contributed by atoms with Crippen LogP contribution in [0.3, 0.4) is 0 Å². The Morgan fingerprint density at radius 1 is 1.19 bits per heavy atom. The van der Waals surface area contributed by atoms with Crippen molar-refractivity contribution < 1.29 is 19.6 Å². The predicted molar refractivity (Wildman–Crippen MR) is 101 cm³/mol. The Balaban J connectivity index is 2.17. The highest BCUT2D eigenvalue weighted by Gasteiger charge is 2.24. The molecule has 2 aromatic carbocycles. The van der Waals surface area contributed by atoms with Gasteiger partial charge in [-0.05, 0) is 25.5 Å². The van der Waals surface area contributed by atoms with Crippen molar-refractivity contribution in [1.82, 2.24) is 5.32 Å². The van der Waals surface area contributed by atoms with Crippen molar-refractivity contribution in [3.63, 3.8) is 0 Å². The van der Waals surface area contributed by atoms with Crippen molar-refractivity contribution in [2.75, 3.05) is 18.5 Å². The topological polar surface area (TPSA) is 113 Å². The van der Waals surface area contributed by atoms with E-state index in [0.29, 0.717) is 5.56 Å². The number of carboxylic acids is 1. The molecule has 2 aromatic rings. The highest BCUT2D eigenvalue weighted by molar-refractivity contribution is 5.87. The Bertz CT molecular complexity index is 861. The van der Waals surface area contributed by atoms with E-state index in [1.54, 1.807) is 18.2 Å². The number of aryl methyl sites for hydroxylation is 2. The van der Waals surface area contributed by atoms with Crippen LogP contribution in [-0.4, -0.2) is 35.5 Å². The number of rotatable bonds is 7. The Morgan fingerprint density at radius 2 is 1.78 bits per heavy atom. The first-order valence-corrected chi connectivity index (χ1v) is 8.24. The summed E-state index contributed by atoms with van der Waals surface area (Å²) in [6.45, 7) is 3.47. The van der Waals surface area contributed by atoms with Crippen LogP contribution in [0.1, 0.15) is 22.7 Å². The number of likely N-dealkylation sites (N-methyl/N-ethyl adjacent to an activating group) is 1. The molecule has 1 atom stereocenters. The molecule has 0 aliphatic heterocycles. The van der Waals surface area contributed by atoms with Crippen LogP contribution in [0.15, 0.2) is 42.5 Å². The minimum atomic E-state index is -1.20. The molecular formula is C19H21N3O5. The van der Waals surface area contributed by atoms with Gasteiger partial charge in [0, 0.05) is 13.1 Å². The van der Waals surface area contributed by atoms with Crippen molar-refractivity contribution in [3.8, 4) is 0 Å². The highest BCUT2D eigenvalue weighted by atomic mass is 16.6. The van der Waals surface area contributed by atoms with Crippen LogP contribution in [0, 0.1) is 24.0 Å².